The molecule has 0 aromatic carbocycles. The topological polar surface area (TPSA) is 60.9 Å². The minimum absolute atomic E-state index is 0.0325. The van der Waals surface area contributed by atoms with E-state index in [0.29, 0.717) is 19.4 Å². The van der Waals surface area contributed by atoms with Gasteiger partial charge in [0.15, 0.2) is 0 Å². The van der Waals surface area contributed by atoms with Crippen LogP contribution >= 0.6 is 0 Å². The van der Waals surface area contributed by atoms with Gasteiger partial charge in [-0.15, -0.1) is 0 Å². The molecule has 0 radical (unpaired) electrons. The van der Waals surface area contributed by atoms with Gasteiger partial charge in [-0.3, -0.25) is 4.79 Å². The molecule has 1 heterocycles. The molecule has 1 aliphatic heterocycles. The number of piperidine rings is 1. The Morgan fingerprint density at radius 1 is 1.40 bits per heavy atom. The number of rotatable bonds is 3. The van der Waals surface area contributed by atoms with Crippen LogP contribution in [0, 0.1) is 5.92 Å². The number of aliphatic carboxylic acids is 1. The zero-order valence-corrected chi connectivity index (χ0v) is 11.5. The Labute approximate surface area is 115 Å². The van der Waals surface area contributed by atoms with E-state index in [0.717, 1.165) is 4.90 Å². The Balaban J connectivity index is 2.76. The first-order chi connectivity index (χ1) is 9.11. The second-order valence-corrected chi connectivity index (χ2v) is 5.24. The predicted molar refractivity (Wildman–Crippen MR) is 65.2 cm³/mol. The maximum Gasteiger partial charge on any atom is 0.406 e. The highest BCUT2D eigenvalue weighted by Gasteiger charge is 2.37. The molecule has 0 unspecified atom stereocenters. The fourth-order valence-corrected chi connectivity index (χ4v) is 2.20. The molecule has 1 atom stereocenters. The van der Waals surface area contributed by atoms with Crippen molar-refractivity contribution in [2.45, 2.75) is 38.9 Å². The molecule has 116 valence electrons. The van der Waals surface area contributed by atoms with Gasteiger partial charge in [0.05, 0.1) is 5.92 Å². The largest absolute Gasteiger partial charge is 0.481 e. The van der Waals surface area contributed by atoms with Crippen LogP contribution in [-0.2, 0) is 4.79 Å². The number of carboxylic acid groups (broad SMARTS) is 1. The van der Waals surface area contributed by atoms with Gasteiger partial charge in [-0.25, -0.2) is 4.79 Å². The minimum atomic E-state index is -4.47. The van der Waals surface area contributed by atoms with Gasteiger partial charge in [0.2, 0.25) is 0 Å². The summed E-state index contributed by atoms with van der Waals surface area (Å²) in [5.41, 5.74) is 0. The average molecular weight is 296 g/mol. The molecule has 2 amide bonds. The van der Waals surface area contributed by atoms with Crippen molar-refractivity contribution in [3.8, 4) is 0 Å². The molecule has 0 aromatic rings. The Hall–Kier alpha value is -1.47. The number of carbonyl (C=O) groups excluding carboxylic acids is 1. The number of nitrogens with zero attached hydrogens (tertiary/aromatic N) is 2. The lowest BCUT2D eigenvalue weighted by Crippen LogP contribution is -2.53. The van der Waals surface area contributed by atoms with Crippen LogP contribution in [0.2, 0.25) is 0 Å². The highest BCUT2D eigenvalue weighted by atomic mass is 19.4. The Bertz CT molecular complexity index is 371. The molecule has 0 saturated carbocycles. The first-order valence-electron chi connectivity index (χ1n) is 6.47. The second-order valence-electron chi connectivity index (χ2n) is 5.24. The summed E-state index contributed by atoms with van der Waals surface area (Å²) >= 11 is 0. The third kappa shape index (κ3) is 4.57. The van der Waals surface area contributed by atoms with Crippen molar-refractivity contribution in [2.24, 2.45) is 5.92 Å². The van der Waals surface area contributed by atoms with Gasteiger partial charge in [-0.1, -0.05) is 0 Å². The van der Waals surface area contributed by atoms with Gasteiger partial charge in [0.25, 0.3) is 0 Å². The number of amides is 2. The van der Waals surface area contributed by atoms with Crippen molar-refractivity contribution in [1.29, 1.82) is 0 Å². The van der Waals surface area contributed by atoms with E-state index in [1.54, 1.807) is 0 Å². The Morgan fingerprint density at radius 3 is 2.45 bits per heavy atom. The Morgan fingerprint density at radius 2 is 2.00 bits per heavy atom. The first-order valence-corrected chi connectivity index (χ1v) is 6.47. The van der Waals surface area contributed by atoms with Crippen molar-refractivity contribution in [3.05, 3.63) is 0 Å². The molecule has 0 bridgehead atoms. The first kappa shape index (κ1) is 16.6. The van der Waals surface area contributed by atoms with Gasteiger partial charge in [-0.05, 0) is 26.7 Å². The van der Waals surface area contributed by atoms with Crippen LogP contribution in [0.4, 0.5) is 18.0 Å². The van der Waals surface area contributed by atoms with Gasteiger partial charge >= 0.3 is 18.2 Å². The summed E-state index contributed by atoms with van der Waals surface area (Å²) in [4.78, 5) is 25.0. The van der Waals surface area contributed by atoms with Crippen LogP contribution in [0.3, 0.4) is 0 Å². The van der Waals surface area contributed by atoms with E-state index in [1.165, 1.54) is 18.7 Å². The van der Waals surface area contributed by atoms with Crippen molar-refractivity contribution in [1.82, 2.24) is 9.80 Å². The van der Waals surface area contributed by atoms with Crippen molar-refractivity contribution in [3.63, 3.8) is 0 Å². The predicted octanol–water partition coefficient (Wildman–Crippen LogP) is 2.18. The van der Waals surface area contributed by atoms with E-state index in [9.17, 15) is 22.8 Å². The molecule has 1 N–H and O–H groups in total. The fraction of sp³-hybridized carbons (Fsp3) is 0.833. The van der Waals surface area contributed by atoms with E-state index in [2.05, 4.69) is 0 Å². The van der Waals surface area contributed by atoms with Gasteiger partial charge < -0.3 is 14.9 Å². The lowest BCUT2D eigenvalue weighted by Gasteiger charge is -2.37. The molecule has 1 rings (SSSR count). The lowest BCUT2D eigenvalue weighted by atomic mass is 9.98. The number of carbonyl (C=O) groups is 2. The second kappa shape index (κ2) is 6.32. The molecule has 0 aromatic heterocycles. The minimum Gasteiger partial charge on any atom is -0.481 e. The van der Waals surface area contributed by atoms with Crippen LogP contribution < -0.4 is 0 Å². The van der Waals surface area contributed by atoms with Crippen molar-refractivity contribution < 1.29 is 27.9 Å². The molecule has 1 fully saturated rings. The number of halogens is 3. The summed E-state index contributed by atoms with van der Waals surface area (Å²) in [5.74, 6) is -1.72. The number of hydrogen-bond donors (Lipinski definition) is 1. The molecule has 20 heavy (non-hydrogen) atoms. The van der Waals surface area contributed by atoms with Gasteiger partial charge in [0, 0.05) is 19.1 Å². The number of urea groups is 1. The molecular formula is C12H19F3N2O3. The van der Waals surface area contributed by atoms with Crippen LogP contribution in [0.5, 0.6) is 0 Å². The number of hydrogen-bond acceptors (Lipinski definition) is 2. The molecule has 8 heteroatoms. The third-order valence-electron chi connectivity index (χ3n) is 3.26. The zero-order valence-electron chi connectivity index (χ0n) is 11.5. The highest BCUT2D eigenvalue weighted by molar-refractivity contribution is 5.77. The Kier molecular flexibility index (Phi) is 5.24. The fourth-order valence-electron chi connectivity index (χ4n) is 2.20. The number of alkyl halides is 3. The summed E-state index contributed by atoms with van der Waals surface area (Å²) in [6, 6.07) is -1.35. The van der Waals surface area contributed by atoms with Crippen LogP contribution in [-0.4, -0.2) is 58.8 Å². The zero-order chi connectivity index (χ0) is 15.5. The molecular weight excluding hydrogens is 277 g/mol. The van der Waals surface area contributed by atoms with E-state index < -0.39 is 36.7 Å². The van der Waals surface area contributed by atoms with Gasteiger partial charge in [0.1, 0.15) is 6.54 Å². The van der Waals surface area contributed by atoms with Gasteiger partial charge in [-0.2, -0.15) is 13.2 Å². The highest BCUT2D eigenvalue weighted by Crippen LogP contribution is 2.22. The van der Waals surface area contributed by atoms with Crippen molar-refractivity contribution >= 4 is 12.0 Å². The summed E-state index contributed by atoms with van der Waals surface area (Å²) in [6.45, 7) is 1.95. The summed E-state index contributed by atoms with van der Waals surface area (Å²) in [5, 5.41) is 8.94. The van der Waals surface area contributed by atoms with E-state index in [1.807, 2.05) is 0 Å². The van der Waals surface area contributed by atoms with Crippen LogP contribution in [0.25, 0.3) is 0 Å². The summed E-state index contributed by atoms with van der Waals surface area (Å²) < 4.78 is 37.5. The molecule has 0 aliphatic carbocycles. The van der Waals surface area contributed by atoms with Crippen molar-refractivity contribution in [2.75, 3.05) is 19.6 Å². The number of carboxylic acids is 1. The summed E-state index contributed by atoms with van der Waals surface area (Å²) in [7, 11) is 0. The molecule has 1 saturated heterocycles. The summed E-state index contributed by atoms with van der Waals surface area (Å²) in [6.07, 6.45) is -3.54. The van der Waals surface area contributed by atoms with Crippen LogP contribution in [0.15, 0.2) is 0 Å². The quantitative estimate of drug-likeness (QED) is 0.868. The maximum atomic E-state index is 12.5. The lowest BCUT2D eigenvalue weighted by molar-refractivity contribution is -0.147. The SMILES string of the molecule is CC(C)N(CC(F)(F)F)C(=O)N1CCC[C@H](C(=O)O)C1. The number of likely N-dealkylation sites (tertiary alicyclic amines) is 1. The third-order valence-corrected chi connectivity index (χ3v) is 3.26. The maximum absolute atomic E-state index is 12.5. The van der Waals surface area contributed by atoms with Crippen LogP contribution in [0.1, 0.15) is 26.7 Å². The average Bonchev–Trinajstić information content (AvgIpc) is 2.34. The van der Waals surface area contributed by atoms with E-state index >= 15 is 0 Å². The molecule has 1 aliphatic rings. The molecule has 0 spiro atoms. The normalized spacial score (nSPS) is 20.1. The van der Waals surface area contributed by atoms with E-state index in [4.69, 9.17) is 5.11 Å². The molecule has 5 nitrogen and oxygen atoms in total. The monoisotopic (exact) mass is 296 g/mol. The van der Waals surface area contributed by atoms with E-state index in [-0.39, 0.29) is 6.54 Å². The standard InChI is InChI=1S/C12H19F3N2O3/c1-8(2)17(7-12(13,14)15)11(20)16-5-3-4-9(6-16)10(18)19/h8-9H,3-7H2,1-2H3,(H,18,19)/t9-/m0/s1. The smallest absolute Gasteiger partial charge is 0.406 e.